The minimum Gasteiger partial charge on any atom is -0.368 e. The Morgan fingerprint density at radius 2 is 2.26 bits per heavy atom. The monoisotopic (exact) mass is 375 g/mol. The highest BCUT2D eigenvalue weighted by molar-refractivity contribution is 5.92. The molecule has 3 fully saturated rings. The van der Waals surface area contributed by atoms with E-state index in [1.165, 1.54) is 0 Å². The number of carbonyl (C=O) groups excluding carboxylic acids is 2. The molecule has 27 heavy (non-hydrogen) atoms. The molecule has 3 aliphatic heterocycles. The zero-order valence-corrected chi connectivity index (χ0v) is 16.1. The highest BCUT2D eigenvalue weighted by Crippen LogP contribution is 2.55. The van der Waals surface area contributed by atoms with E-state index in [1.807, 2.05) is 24.6 Å². The smallest absolute Gasteiger partial charge is 0.229 e. The van der Waals surface area contributed by atoms with Gasteiger partial charge in [-0.05, 0) is 39.2 Å². The molecular formula is C19H29N5O3. The lowest BCUT2D eigenvalue weighted by molar-refractivity contribution is -0.138. The summed E-state index contributed by atoms with van der Waals surface area (Å²) in [5, 5.41) is 7.46. The van der Waals surface area contributed by atoms with E-state index in [4.69, 9.17) is 10.5 Å². The SMILES string of the molecule is Cc1cc(C)n(CCCNC(=O)[C@H]2[C@@H]3CC[C@@]4(CN(CCN)C(=O)[C@@H]24)O3)n1. The number of hydrogen-bond donors (Lipinski definition) is 2. The second-order valence-electron chi connectivity index (χ2n) is 8.11. The van der Waals surface area contributed by atoms with Gasteiger partial charge in [0.05, 0.1) is 35.8 Å². The number of fused-ring (bicyclic) bond motifs is 1. The van der Waals surface area contributed by atoms with Crippen LogP contribution < -0.4 is 11.1 Å². The van der Waals surface area contributed by atoms with Crippen molar-refractivity contribution in [2.75, 3.05) is 26.2 Å². The number of nitrogens with zero attached hydrogens (tertiary/aromatic N) is 3. The Morgan fingerprint density at radius 1 is 1.44 bits per heavy atom. The second kappa shape index (κ2) is 6.91. The molecule has 4 heterocycles. The molecule has 1 aromatic heterocycles. The molecule has 2 amide bonds. The van der Waals surface area contributed by atoms with Crippen molar-refractivity contribution >= 4 is 11.8 Å². The largest absolute Gasteiger partial charge is 0.368 e. The molecule has 3 saturated heterocycles. The van der Waals surface area contributed by atoms with Crippen LogP contribution in [0.1, 0.15) is 30.7 Å². The van der Waals surface area contributed by atoms with E-state index in [-0.39, 0.29) is 29.8 Å². The van der Waals surface area contributed by atoms with Crippen LogP contribution in [0.25, 0.3) is 0 Å². The summed E-state index contributed by atoms with van der Waals surface area (Å²) in [6.45, 7) is 6.88. The van der Waals surface area contributed by atoms with Gasteiger partial charge >= 0.3 is 0 Å². The van der Waals surface area contributed by atoms with E-state index in [9.17, 15) is 9.59 Å². The van der Waals surface area contributed by atoms with Gasteiger partial charge < -0.3 is 20.7 Å². The molecule has 3 N–H and O–H groups in total. The minimum absolute atomic E-state index is 0.0328. The fraction of sp³-hybridized carbons (Fsp3) is 0.737. The van der Waals surface area contributed by atoms with Crippen molar-refractivity contribution in [2.45, 2.75) is 51.4 Å². The molecule has 0 saturated carbocycles. The van der Waals surface area contributed by atoms with Crippen LogP contribution >= 0.6 is 0 Å². The molecule has 0 aromatic carbocycles. The van der Waals surface area contributed by atoms with E-state index in [2.05, 4.69) is 10.4 Å². The lowest BCUT2D eigenvalue weighted by Gasteiger charge is -2.27. The number of aromatic nitrogens is 2. The Morgan fingerprint density at radius 3 is 2.96 bits per heavy atom. The van der Waals surface area contributed by atoms with Crippen LogP contribution in [0, 0.1) is 25.7 Å². The van der Waals surface area contributed by atoms with Crippen LogP contribution in [0.5, 0.6) is 0 Å². The molecule has 0 aliphatic carbocycles. The van der Waals surface area contributed by atoms with Crippen LogP contribution in [0.15, 0.2) is 6.07 Å². The van der Waals surface area contributed by atoms with Crippen LogP contribution in [0.3, 0.4) is 0 Å². The first-order valence-electron chi connectivity index (χ1n) is 9.90. The number of nitrogens with one attached hydrogen (secondary N) is 1. The summed E-state index contributed by atoms with van der Waals surface area (Å²) in [4.78, 5) is 27.5. The zero-order chi connectivity index (χ0) is 19.2. The highest BCUT2D eigenvalue weighted by Gasteiger charge is 2.68. The summed E-state index contributed by atoms with van der Waals surface area (Å²) >= 11 is 0. The van der Waals surface area contributed by atoms with Gasteiger partial charge in [0.25, 0.3) is 0 Å². The third kappa shape index (κ3) is 3.04. The molecule has 0 radical (unpaired) electrons. The lowest BCUT2D eigenvalue weighted by atomic mass is 9.73. The molecule has 4 rings (SSSR count). The van der Waals surface area contributed by atoms with Crippen molar-refractivity contribution < 1.29 is 14.3 Å². The van der Waals surface area contributed by atoms with Crippen molar-refractivity contribution in [1.82, 2.24) is 20.0 Å². The van der Waals surface area contributed by atoms with E-state index in [1.54, 1.807) is 4.90 Å². The van der Waals surface area contributed by atoms with Crippen LogP contribution in [-0.2, 0) is 20.9 Å². The number of aryl methyl sites for hydroxylation is 3. The minimum atomic E-state index is -0.470. The molecule has 0 unspecified atom stereocenters. The summed E-state index contributed by atoms with van der Waals surface area (Å²) in [5.74, 6) is -0.741. The molecule has 1 aromatic rings. The van der Waals surface area contributed by atoms with Crippen molar-refractivity contribution in [3.05, 3.63) is 17.5 Å². The molecule has 148 valence electrons. The normalized spacial score (nSPS) is 31.6. The standard InChI is InChI=1S/C19H29N5O3/c1-12-10-13(2)24(22-12)8-3-7-21-17(25)15-14-4-5-19(27-14)11-23(9-6-20)18(26)16(15)19/h10,14-16H,3-9,11,20H2,1-2H3,(H,21,25)/t14-,15-,16+,19-/m0/s1. The maximum Gasteiger partial charge on any atom is 0.229 e. The van der Waals surface area contributed by atoms with Gasteiger partial charge in [-0.15, -0.1) is 0 Å². The summed E-state index contributed by atoms with van der Waals surface area (Å²) in [6.07, 6.45) is 2.38. The van der Waals surface area contributed by atoms with Gasteiger partial charge in [-0.2, -0.15) is 5.10 Å². The molecule has 8 heteroatoms. The predicted molar refractivity (Wildman–Crippen MR) is 98.8 cm³/mol. The number of rotatable bonds is 7. The number of hydrogen-bond acceptors (Lipinski definition) is 5. The fourth-order valence-electron chi connectivity index (χ4n) is 5.15. The van der Waals surface area contributed by atoms with Gasteiger partial charge in [-0.1, -0.05) is 0 Å². The second-order valence-corrected chi connectivity index (χ2v) is 8.11. The van der Waals surface area contributed by atoms with Crippen molar-refractivity contribution in [1.29, 1.82) is 0 Å². The average Bonchev–Trinajstić information content (AvgIpc) is 3.33. The number of ether oxygens (including phenoxy) is 1. The first kappa shape index (κ1) is 18.4. The zero-order valence-electron chi connectivity index (χ0n) is 16.1. The number of nitrogens with two attached hydrogens (primary N) is 1. The Balaban J connectivity index is 1.35. The Labute approximate surface area is 159 Å². The van der Waals surface area contributed by atoms with Crippen LogP contribution in [0.2, 0.25) is 0 Å². The van der Waals surface area contributed by atoms with Gasteiger partial charge in [0.2, 0.25) is 11.8 Å². The van der Waals surface area contributed by atoms with Gasteiger partial charge in [-0.3, -0.25) is 14.3 Å². The van der Waals surface area contributed by atoms with Gasteiger partial charge in [-0.25, -0.2) is 0 Å². The molecule has 3 aliphatic rings. The van der Waals surface area contributed by atoms with E-state index >= 15 is 0 Å². The predicted octanol–water partition coefficient (Wildman–Crippen LogP) is -0.0291. The average molecular weight is 375 g/mol. The number of amides is 2. The van der Waals surface area contributed by atoms with Crippen LogP contribution in [-0.4, -0.2) is 64.4 Å². The number of carbonyl (C=O) groups is 2. The molecule has 2 bridgehead atoms. The highest BCUT2D eigenvalue weighted by atomic mass is 16.5. The quantitative estimate of drug-likeness (QED) is 0.652. The summed E-state index contributed by atoms with van der Waals surface area (Å²) in [6, 6.07) is 2.05. The Bertz CT molecular complexity index is 748. The maximum atomic E-state index is 12.9. The third-order valence-corrected chi connectivity index (χ3v) is 6.25. The summed E-state index contributed by atoms with van der Waals surface area (Å²) in [5.41, 5.74) is 7.29. The maximum absolute atomic E-state index is 12.9. The van der Waals surface area contributed by atoms with Crippen molar-refractivity contribution in [2.24, 2.45) is 17.6 Å². The van der Waals surface area contributed by atoms with Gasteiger partial charge in [0.1, 0.15) is 0 Å². The van der Waals surface area contributed by atoms with Gasteiger partial charge in [0, 0.05) is 31.9 Å². The van der Waals surface area contributed by atoms with Gasteiger partial charge in [0.15, 0.2) is 0 Å². The van der Waals surface area contributed by atoms with Crippen molar-refractivity contribution in [3.8, 4) is 0 Å². The number of likely N-dealkylation sites (tertiary alicyclic amines) is 1. The molecule has 8 nitrogen and oxygen atoms in total. The summed E-state index contributed by atoms with van der Waals surface area (Å²) < 4.78 is 8.14. The lowest BCUT2D eigenvalue weighted by Crippen LogP contribution is -2.46. The van der Waals surface area contributed by atoms with E-state index in [0.29, 0.717) is 26.2 Å². The first-order valence-corrected chi connectivity index (χ1v) is 9.90. The Hall–Kier alpha value is -1.93. The Kier molecular flexibility index (Phi) is 4.71. The van der Waals surface area contributed by atoms with E-state index in [0.717, 1.165) is 37.2 Å². The fourth-order valence-corrected chi connectivity index (χ4v) is 5.15. The summed E-state index contributed by atoms with van der Waals surface area (Å²) in [7, 11) is 0. The van der Waals surface area contributed by atoms with Crippen LogP contribution in [0.4, 0.5) is 0 Å². The first-order chi connectivity index (χ1) is 12.9. The topological polar surface area (TPSA) is 102 Å². The third-order valence-electron chi connectivity index (χ3n) is 6.25. The molecular weight excluding hydrogens is 346 g/mol. The van der Waals surface area contributed by atoms with E-state index < -0.39 is 5.60 Å². The van der Waals surface area contributed by atoms with Crippen molar-refractivity contribution in [3.63, 3.8) is 0 Å². The molecule has 4 atom stereocenters. The molecule has 1 spiro atoms.